The standard InChI is InChI=1S/C14H16ClNO3/c15-10-6-7-12(11(8-10)14(18)19)16-13(17)9-4-2-1-3-5-9/h6-9H,1-5H2,(H,16,17)(H,18,19)/p-1. The molecule has 0 aromatic heterocycles. The zero-order valence-corrected chi connectivity index (χ0v) is 11.2. The van der Waals surface area contributed by atoms with Gasteiger partial charge in [0.25, 0.3) is 0 Å². The van der Waals surface area contributed by atoms with Gasteiger partial charge in [0.15, 0.2) is 0 Å². The van der Waals surface area contributed by atoms with Gasteiger partial charge < -0.3 is 15.2 Å². The molecule has 0 heterocycles. The number of benzene rings is 1. The lowest BCUT2D eigenvalue weighted by molar-refractivity contribution is -0.254. The van der Waals surface area contributed by atoms with Crippen LogP contribution in [0.3, 0.4) is 0 Å². The molecule has 0 aliphatic heterocycles. The molecule has 4 nitrogen and oxygen atoms in total. The Labute approximate surface area is 116 Å². The van der Waals surface area contributed by atoms with Crippen molar-refractivity contribution in [2.75, 3.05) is 5.32 Å². The predicted octanol–water partition coefficient (Wildman–Crippen LogP) is 2.22. The van der Waals surface area contributed by atoms with Crippen molar-refractivity contribution in [3.63, 3.8) is 0 Å². The molecule has 1 aromatic carbocycles. The molecule has 0 unspecified atom stereocenters. The van der Waals surface area contributed by atoms with Gasteiger partial charge in [0.05, 0.1) is 5.97 Å². The van der Waals surface area contributed by atoms with Gasteiger partial charge in [0, 0.05) is 22.2 Å². The van der Waals surface area contributed by atoms with E-state index < -0.39 is 5.97 Å². The summed E-state index contributed by atoms with van der Waals surface area (Å²) in [7, 11) is 0. The summed E-state index contributed by atoms with van der Waals surface area (Å²) in [5.41, 5.74) is 0.164. The average molecular weight is 281 g/mol. The fraction of sp³-hybridized carbons (Fsp3) is 0.429. The predicted molar refractivity (Wildman–Crippen MR) is 71.0 cm³/mol. The van der Waals surface area contributed by atoms with Crippen LogP contribution in [0.1, 0.15) is 42.5 Å². The van der Waals surface area contributed by atoms with Crippen LogP contribution in [0.4, 0.5) is 5.69 Å². The van der Waals surface area contributed by atoms with Crippen LogP contribution in [0.5, 0.6) is 0 Å². The Bertz CT molecular complexity index is 495. The van der Waals surface area contributed by atoms with Gasteiger partial charge in [-0.2, -0.15) is 0 Å². The lowest BCUT2D eigenvalue weighted by Crippen LogP contribution is -2.28. The highest BCUT2D eigenvalue weighted by Crippen LogP contribution is 2.26. The van der Waals surface area contributed by atoms with Crippen LogP contribution in [0.25, 0.3) is 0 Å². The van der Waals surface area contributed by atoms with E-state index in [0.29, 0.717) is 5.02 Å². The van der Waals surface area contributed by atoms with Crippen molar-refractivity contribution in [2.45, 2.75) is 32.1 Å². The summed E-state index contributed by atoms with van der Waals surface area (Å²) in [5.74, 6) is -1.50. The first-order chi connectivity index (χ1) is 9.08. The van der Waals surface area contributed by atoms with Gasteiger partial charge in [-0.1, -0.05) is 30.9 Å². The van der Waals surface area contributed by atoms with E-state index in [9.17, 15) is 14.7 Å². The van der Waals surface area contributed by atoms with Crippen molar-refractivity contribution >= 4 is 29.2 Å². The summed E-state index contributed by atoms with van der Waals surface area (Å²) < 4.78 is 0. The fourth-order valence-corrected chi connectivity index (χ4v) is 2.57. The minimum absolute atomic E-state index is 0.0287. The SMILES string of the molecule is O=C([O-])c1cc(Cl)ccc1NC(=O)C1CCCCC1. The van der Waals surface area contributed by atoms with E-state index in [1.807, 2.05) is 0 Å². The topological polar surface area (TPSA) is 69.2 Å². The van der Waals surface area contributed by atoms with Gasteiger partial charge in [-0.25, -0.2) is 0 Å². The molecule has 1 fully saturated rings. The van der Waals surface area contributed by atoms with Crippen molar-refractivity contribution in [2.24, 2.45) is 5.92 Å². The summed E-state index contributed by atoms with van der Waals surface area (Å²) in [6.45, 7) is 0. The Hall–Kier alpha value is -1.55. The number of aromatic carboxylic acids is 1. The largest absolute Gasteiger partial charge is 0.545 e. The van der Waals surface area contributed by atoms with E-state index in [-0.39, 0.29) is 23.1 Å². The summed E-state index contributed by atoms with van der Waals surface area (Å²) in [5, 5.41) is 14.0. The molecule has 1 saturated carbocycles. The molecule has 0 radical (unpaired) electrons. The molecule has 1 N–H and O–H groups in total. The second-order valence-corrected chi connectivity index (χ2v) is 5.24. The monoisotopic (exact) mass is 280 g/mol. The Morgan fingerprint density at radius 1 is 1.21 bits per heavy atom. The number of carbonyl (C=O) groups excluding carboxylic acids is 2. The maximum Gasteiger partial charge on any atom is 0.227 e. The van der Waals surface area contributed by atoms with Crippen LogP contribution in [0.2, 0.25) is 5.02 Å². The number of carboxylic acids is 1. The molecular formula is C14H15ClNO3-. The lowest BCUT2D eigenvalue weighted by Gasteiger charge is -2.21. The third-order valence-corrected chi connectivity index (χ3v) is 3.67. The second kappa shape index (κ2) is 6.06. The van der Waals surface area contributed by atoms with Crippen LogP contribution in [-0.2, 0) is 4.79 Å². The number of hydrogen-bond acceptors (Lipinski definition) is 3. The van der Waals surface area contributed by atoms with Crippen LogP contribution >= 0.6 is 11.6 Å². The molecule has 102 valence electrons. The maximum atomic E-state index is 12.1. The number of amides is 1. The Balaban J connectivity index is 2.13. The Morgan fingerprint density at radius 3 is 2.53 bits per heavy atom. The normalized spacial score (nSPS) is 16.1. The maximum absolute atomic E-state index is 12.1. The van der Waals surface area contributed by atoms with Crippen molar-refractivity contribution in [1.82, 2.24) is 0 Å². The zero-order valence-electron chi connectivity index (χ0n) is 10.4. The average Bonchev–Trinajstić information content (AvgIpc) is 2.41. The summed E-state index contributed by atoms with van der Waals surface area (Å²) in [6, 6.07) is 4.33. The highest BCUT2D eigenvalue weighted by molar-refractivity contribution is 6.31. The van der Waals surface area contributed by atoms with E-state index in [1.165, 1.54) is 12.1 Å². The number of carboxylic acid groups (broad SMARTS) is 1. The molecule has 0 bridgehead atoms. The van der Waals surface area contributed by atoms with Crippen LogP contribution in [0, 0.1) is 5.92 Å². The smallest absolute Gasteiger partial charge is 0.227 e. The highest BCUT2D eigenvalue weighted by Gasteiger charge is 2.21. The minimum atomic E-state index is -1.35. The Morgan fingerprint density at radius 2 is 1.89 bits per heavy atom. The second-order valence-electron chi connectivity index (χ2n) is 4.80. The molecule has 0 atom stereocenters. The Kier molecular flexibility index (Phi) is 4.43. The minimum Gasteiger partial charge on any atom is -0.545 e. The van der Waals surface area contributed by atoms with Gasteiger partial charge in [0.1, 0.15) is 0 Å². The van der Waals surface area contributed by atoms with Crippen molar-refractivity contribution in [3.05, 3.63) is 28.8 Å². The van der Waals surface area contributed by atoms with Gasteiger partial charge in [0.2, 0.25) is 5.91 Å². The summed E-state index contributed by atoms with van der Waals surface area (Å²) >= 11 is 5.74. The molecule has 0 saturated heterocycles. The molecule has 19 heavy (non-hydrogen) atoms. The molecule has 1 amide bonds. The fourth-order valence-electron chi connectivity index (χ4n) is 2.39. The number of halogens is 1. The number of rotatable bonds is 3. The number of nitrogens with one attached hydrogen (secondary N) is 1. The third kappa shape index (κ3) is 3.47. The first kappa shape index (κ1) is 13.9. The van der Waals surface area contributed by atoms with Gasteiger partial charge in [-0.3, -0.25) is 4.79 Å². The van der Waals surface area contributed by atoms with E-state index in [4.69, 9.17) is 11.6 Å². The molecule has 0 spiro atoms. The number of carbonyl (C=O) groups is 2. The van der Waals surface area contributed by atoms with Crippen LogP contribution in [0.15, 0.2) is 18.2 Å². The van der Waals surface area contributed by atoms with Crippen molar-refractivity contribution in [1.29, 1.82) is 0 Å². The summed E-state index contributed by atoms with van der Waals surface area (Å²) in [4.78, 5) is 23.1. The van der Waals surface area contributed by atoms with E-state index >= 15 is 0 Å². The molecule has 1 aliphatic carbocycles. The molecule has 1 aliphatic rings. The van der Waals surface area contributed by atoms with E-state index in [0.717, 1.165) is 32.1 Å². The van der Waals surface area contributed by atoms with E-state index in [2.05, 4.69) is 5.32 Å². The van der Waals surface area contributed by atoms with E-state index in [1.54, 1.807) is 6.07 Å². The third-order valence-electron chi connectivity index (χ3n) is 3.44. The van der Waals surface area contributed by atoms with Crippen molar-refractivity contribution in [3.8, 4) is 0 Å². The summed E-state index contributed by atoms with van der Waals surface area (Å²) in [6.07, 6.45) is 4.98. The molecular weight excluding hydrogens is 266 g/mol. The number of hydrogen-bond donors (Lipinski definition) is 1. The van der Waals surface area contributed by atoms with Crippen LogP contribution in [-0.4, -0.2) is 11.9 Å². The number of anilines is 1. The first-order valence-electron chi connectivity index (χ1n) is 6.39. The first-order valence-corrected chi connectivity index (χ1v) is 6.77. The van der Waals surface area contributed by atoms with Gasteiger partial charge in [-0.05, 0) is 31.0 Å². The zero-order chi connectivity index (χ0) is 13.8. The van der Waals surface area contributed by atoms with Crippen molar-refractivity contribution < 1.29 is 14.7 Å². The highest BCUT2D eigenvalue weighted by atomic mass is 35.5. The molecule has 2 rings (SSSR count). The van der Waals surface area contributed by atoms with Gasteiger partial charge in [-0.15, -0.1) is 0 Å². The molecule has 5 heteroatoms. The lowest BCUT2D eigenvalue weighted by atomic mass is 9.88. The van der Waals surface area contributed by atoms with Crippen LogP contribution < -0.4 is 10.4 Å². The van der Waals surface area contributed by atoms with Gasteiger partial charge >= 0.3 is 0 Å². The molecule has 1 aromatic rings. The quantitative estimate of drug-likeness (QED) is 0.923.